The molecule has 1 atom stereocenters. The Morgan fingerprint density at radius 2 is 2.08 bits per heavy atom. The van der Waals surface area contributed by atoms with Gasteiger partial charge in [0.05, 0.1) is 5.69 Å². The summed E-state index contributed by atoms with van der Waals surface area (Å²) >= 11 is 0. The average Bonchev–Trinajstić information content (AvgIpc) is 3.11. The van der Waals surface area contributed by atoms with Gasteiger partial charge in [0.15, 0.2) is 0 Å². The van der Waals surface area contributed by atoms with E-state index in [1.165, 1.54) is 0 Å². The van der Waals surface area contributed by atoms with Crippen LogP contribution in [0.4, 0.5) is 0 Å². The van der Waals surface area contributed by atoms with E-state index in [-0.39, 0.29) is 11.9 Å². The van der Waals surface area contributed by atoms with Crippen LogP contribution in [-0.2, 0) is 6.42 Å². The molecule has 5 heteroatoms. The molecule has 1 amide bonds. The molecule has 0 fully saturated rings. The number of carbonyl (C=O) groups is 1. The van der Waals surface area contributed by atoms with Gasteiger partial charge in [-0.3, -0.25) is 9.78 Å². The molecule has 0 saturated carbocycles. The minimum absolute atomic E-state index is 0.000500. The molecule has 0 aliphatic rings. The van der Waals surface area contributed by atoms with Gasteiger partial charge in [-0.25, -0.2) is 4.68 Å². The van der Waals surface area contributed by atoms with Crippen molar-refractivity contribution in [1.82, 2.24) is 20.1 Å². The van der Waals surface area contributed by atoms with Crippen molar-refractivity contribution < 1.29 is 4.79 Å². The van der Waals surface area contributed by atoms with Crippen LogP contribution < -0.4 is 5.32 Å². The Kier molecular flexibility index (Phi) is 4.70. The number of hydrogen-bond acceptors (Lipinski definition) is 3. The van der Waals surface area contributed by atoms with Crippen molar-refractivity contribution in [1.29, 1.82) is 0 Å². The molecule has 0 unspecified atom stereocenters. The lowest BCUT2D eigenvalue weighted by atomic mass is 10.1. The Hall–Kier alpha value is -2.95. The fourth-order valence-corrected chi connectivity index (χ4v) is 2.59. The summed E-state index contributed by atoms with van der Waals surface area (Å²) in [6.45, 7) is 4.02. The quantitative estimate of drug-likeness (QED) is 0.786. The van der Waals surface area contributed by atoms with Crippen LogP contribution in [0.5, 0.6) is 0 Å². The summed E-state index contributed by atoms with van der Waals surface area (Å²) in [7, 11) is 0. The monoisotopic (exact) mass is 320 g/mol. The highest BCUT2D eigenvalue weighted by molar-refractivity contribution is 5.94. The summed E-state index contributed by atoms with van der Waals surface area (Å²) in [5.74, 6) is -0.0925. The standard InChI is InChI=1S/C19H20N4O/c1-14-6-4-9-20-18(14)12-15(2)22-19(24)16-7-3-8-17(13-16)23-11-5-10-21-23/h3-11,13,15H,12H2,1-2H3,(H,22,24)/t15-/m0/s1. The van der Waals surface area contributed by atoms with Gasteiger partial charge in [-0.15, -0.1) is 0 Å². The fourth-order valence-electron chi connectivity index (χ4n) is 2.59. The van der Waals surface area contributed by atoms with Crippen molar-refractivity contribution in [2.45, 2.75) is 26.3 Å². The Morgan fingerprint density at radius 1 is 1.21 bits per heavy atom. The van der Waals surface area contributed by atoms with Crippen LogP contribution >= 0.6 is 0 Å². The topological polar surface area (TPSA) is 59.8 Å². The van der Waals surface area contributed by atoms with E-state index in [0.717, 1.165) is 16.9 Å². The molecule has 122 valence electrons. The lowest BCUT2D eigenvalue weighted by Gasteiger charge is -2.15. The van der Waals surface area contributed by atoms with Crippen LogP contribution in [0.25, 0.3) is 5.69 Å². The van der Waals surface area contributed by atoms with E-state index in [4.69, 9.17) is 0 Å². The molecule has 0 spiro atoms. The van der Waals surface area contributed by atoms with Gasteiger partial charge in [-0.2, -0.15) is 5.10 Å². The third-order valence-corrected chi connectivity index (χ3v) is 3.87. The highest BCUT2D eigenvalue weighted by Crippen LogP contribution is 2.11. The molecule has 3 rings (SSSR count). The van der Waals surface area contributed by atoms with Gasteiger partial charge in [0.2, 0.25) is 0 Å². The van der Waals surface area contributed by atoms with Crippen LogP contribution in [0.3, 0.4) is 0 Å². The first-order chi connectivity index (χ1) is 11.6. The van der Waals surface area contributed by atoms with Gasteiger partial charge in [0.25, 0.3) is 5.91 Å². The number of nitrogens with one attached hydrogen (secondary N) is 1. The van der Waals surface area contributed by atoms with Crippen molar-refractivity contribution in [3.05, 3.63) is 77.9 Å². The summed E-state index contributed by atoms with van der Waals surface area (Å²) in [4.78, 5) is 16.9. The highest BCUT2D eigenvalue weighted by atomic mass is 16.1. The SMILES string of the molecule is Cc1cccnc1C[C@H](C)NC(=O)c1cccc(-n2cccn2)c1. The van der Waals surface area contributed by atoms with Crippen molar-refractivity contribution in [2.75, 3.05) is 0 Å². The van der Waals surface area contributed by atoms with Gasteiger partial charge in [0, 0.05) is 42.3 Å². The second-order valence-corrected chi connectivity index (χ2v) is 5.85. The molecule has 1 N–H and O–H groups in total. The molecule has 24 heavy (non-hydrogen) atoms. The number of aromatic nitrogens is 3. The van der Waals surface area contributed by atoms with Crippen LogP contribution in [-0.4, -0.2) is 26.7 Å². The van der Waals surface area contributed by atoms with E-state index in [2.05, 4.69) is 15.4 Å². The zero-order chi connectivity index (χ0) is 16.9. The van der Waals surface area contributed by atoms with Crippen molar-refractivity contribution in [3.8, 4) is 5.69 Å². The molecule has 3 aromatic rings. The molecular formula is C19H20N4O. The predicted molar refractivity (Wildman–Crippen MR) is 93.2 cm³/mol. The third kappa shape index (κ3) is 3.68. The summed E-state index contributed by atoms with van der Waals surface area (Å²) in [5, 5.41) is 7.23. The Balaban J connectivity index is 1.69. The maximum absolute atomic E-state index is 12.5. The second-order valence-electron chi connectivity index (χ2n) is 5.85. The normalized spacial score (nSPS) is 11.9. The number of carbonyl (C=O) groups excluding carboxylic acids is 1. The summed E-state index contributed by atoms with van der Waals surface area (Å²) < 4.78 is 1.73. The first-order valence-corrected chi connectivity index (χ1v) is 7.95. The Labute approximate surface area is 141 Å². The molecule has 0 saturated heterocycles. The number of benzene rings is 1. The molecule has 0 aliphatic carbocycles. The minimum Gasteiger partial charge on any atom is -0.349 e. The van der Waals surface area contributed by atoms with E-state index in [0.29, 0.717) is 12.0 Å². The lowest BCUT2D eigenvalue weighted by molar-refractivity contribution is 0.0940. The van der Waals surface area contributed by atoms with Gasteiger partial charge in [-0.1, -0.05) is 12.1 Å². The smallest absolute Gasteiger partial charge is 0.251 e. The maximum atomic E-state index is 12.5. The van der Waals surface area contributed by atoms with Crippen LogP contribution in [0.15, 0.2) is 61.1 Å². The number of amides is 1. The molecular weight excluding hydrogens is 300 g/mol. The van der Waals surface area contributed by atoms with E-state index in [1.807, 2.05) is 56.4 Å². The molecule has 2 heterocycles. The zero-order valence-electron chi connectivity index (χ0n) is 13.8. The van der Waals surface area contributed by atoms with Gasteiger partial charge < -0.3 is 5.32 Å². The van der Waals surface area contributed by atoms with E-state index in [1.54, 1.807) is 23.1 Å². The molecule has 0 aliphatic heterocycles. The van der Waals surface area contributed by atoms with Crippen LogP contribution in [0.2, 0.25) is 0 Å². The third-order valence-electron chi connectivity index (χ3n) is 3.87. The minimum atomic E-state index is -0.0925. The van der Waals surface area contributed by atoms with Gasteiger partial charge in [-0.05, 0) is 49.7 Å². The zero-order valence-corrected chi connectivity index (χ0v) is 13.8. The summed E-state index contributed by atoms with van der Waals surface area (Å²) in [6, 6.07) is 13.2. The van der Waals surface area contributed by atoms with Crippen molar-refractivity contribution in [2.24, 2.45) is 0 Å². The Bertz CT molecular complexity index is 827. The Morgan fingerprint density at radius 3 is 2.83 bits per heavy atom. The highest BCUT2D eigenvalue weighted by Gasteiger charge is 2.12. The summed E-state index contributed by atoms with van der Waals surface area (Å²) in [6.07, 6.45) is 6.05. The van der Waals surface area contributed by atoms with Gasteiger partial charge in [0.1, 0.15) is 0 Å². The van der Waals surface area contributed by atoms with E-state index < -0.39 is 0 Å². The van der Waals surface area contributed by atoms with Crippen molar-refractivity contribution >= 4 is 5.91 Å². The largest absolute Gasteiger partial charge is 0.349 e. The molecule has 2 aromatic heterocycles. The molecule has 1 aromatic carbocycles. The first-order valence-electron chi connectivity index (χ1n) is 7.95. The predicted octanol–water partition coefficient (Wildman–Crippen LogP) is 2.94. The molecule has 5 nitrogen and oxygen atoms in total. The fraction of sp³-hybridized carbons (Fsp3) is 0.211. The molecule has 0 radical (unpaired) electrons. The lowest BCUT2D eigenvalue weighted by Crippen LogP contribution is -2.34. The van der Waals surface area contributed by atoms with Gasteiger partial charge >= 0.3 is 0 Å². The second kappa shape index (κ2) is 7.08. The summed E-state index contributed by atoms with van der Waals surface area (Å²) in [5.41, 5.74) is 3.63. The number of pyridine rings is 1. The first kappa shape index (κ1) is 15.9. The average molecular weight is 320 g/mol. The number of rotatable bonds is 5. The number of hydrogen-bond donors (Lipinski definition) is 1. The van der Waals surface area contributed by atoms with Crippen LogP contribution in [0, 0.1) is 6.92 Å². The number of nitrogens with zero attached hydrogens (tertiary/aromatic N) is 3. The van der Waals surface area contributed by atoms with Crippen LogP contribution in [0.1, 0.15) is 28.5 Å². The number of aryl methyl sites for hydroxylation is 1. The van der Waals surface area contributed by atoms with E-state index >= 15 is 0 Å². The van der Waals surface area contributed by atoms with E-state index in [9.17, 15) is 4.79 Å². The maximum Gasteiger partial charge on any atom is 0.251 e. The van der Waals surface area contributed by atoms with Crippen molar-refractivity contribution in [3.63, 3.8) is 0 Å². The molecule has 0 bridgehead atoms.